The zero-order chi connectivity index (χ0) is 15.9. The number of rotatable bonds is 2. The van der Waals surface area contributed by atoms with Gasteiger partial charge in [-0.1, -0.05) is 13.8 Å². The molecule has 0 aromatic carbocycles. The molecule has 7 nitrogen and oxygen atoms in total. The number of hydrogen-bond donors (Lipinski definition) is 0. The van der Waals surface area contributed by atoms with Crippen LogP contribution in [0, 0.1) is 11.8 Å². The number of piperidine rings is 1. The molecular formula is C13H21N3O4S. The highest BCUT2D eigenvalue weighted by atomic mass is 32.2. The van der Waals surface area contributed by atoms with Crippen molar-refractivity contribution in [3.8, 4) is 0 Å². The van der Waals surface area contributed by atoms with Crippen molar-refractivity contribution in [2.45, 2.75) is 25.2 Å². The minimum Gasteiger partial charge on any atom is -0.302 e. The van der Waals surface area contributed by atoms with Gasteiger partial charge in [0, 0.05) is 33.4 Å². The molecule has 1 saturated heterocycles. The van der Waals surface area contributed by atoms with E-state index >= 15 is 0 Å². The van der Waals surface area contributed by atoms with E-state index in [0.717, 1.165) is 21.8 Å². The lowest BCUT2D eigenvalue weighted by Crippen LogP contribution is -2.46. The van der Waals surface area contributed by atoms with Gasteiger partial charge in [-0.25, -0.2) is 13.2 Å². The van der Waals surface area contributed by atoms with Crippen molar-refractivity contribution in [1.82, 2.24) is 13.4 Å². The van der Waals surface area contributed by atoms with Gasteiger partial charge < -0.3 is 4.57 Å². The molecule has 1 aromatic heterocycles. The first-order valence-electron chi connectivity index (χ1n) is 6.91. The van der Waals surface area contributed by atoms with Gasteiger partial charge in [0.25, 0.3) is 5.56 Å². The Balaban J connectivity index is 2.55. The second kappa shape index (κ2) is 5.42. The van der Waals surface area contributed by atoms with Crippen molar-refractivity contribution in [3.63, 3.8) is 0 Å². The number of aromatic nitrogens is 2. The van der Waals surface area contributed by atoms with Crippen LogP contribution in [0.5, 0.6) is 0 Å². The first kappa shape index (κ1) is 16.0. The van der Waals surface area contributed by atoms with Crippen LogP contribution in [0.25, 0.3) is 0 Å². The number of aryl methyl sites for hydroxylation is 1. The van der Waals surface area contributed by atoms with E-state index in [1.165, 1.54) is 18.4 Å². The molecule has 0 amide bonds. The van der Waals surface area contributed by atoms with Crippen LogP contribution >= 0.6 is 0 Å². The van der Waals surface area contributed by atoms with Crippen molar-refractivity contribution in [1.29, 1.82) is 0 Å². The van der Waals surface area contributed by atoms with Crippen molar-refractivity contribution >= 4 is 10.0 Å². The Morgan fingerprint density at radius 1 is 1.10 bits per heavy atom. The second-order valence-electron chi connectivity index (χ2n) is 6.02. The van der Waals surface area contributed by atoms with E-state index in [2.05, 4.69) is 0 Å². The SMILES string of the molecule is C[C@@H]1C[C@H](C)CN(S(=O)(=O)c2cn(C)c(=O)n(C)c2=O)C1. The summed E-state index contributed by atoms with van der Waals surface area (Å²) < 4.78 is 28.7. The van der Waals surface area contributed by atoms with Crippen LogP contribution < -0.4 is 11.2 Å². The molecular weight excluding hydrogens is 294 g/mol. The van der Waals surface area contributed by atoms with Crippen LogP contribution in [0.1, 0.15) is 20.3 Å². The average Bonchev–Trinajstić information content (AvgIpc) is 2.39. The fourth-order valence-corrected chi connectivity index (χ4v) is 4.72. The first-order chi connectivity index (χ1) is 9.64. The van der Waals surface area contributed by atoms with Crippen molar-refractivity contribution in [2.75, 3.05) is 13.1 Å². The lowest BCUT2D eigenvalue weighted by Gasteiger charge is -2.33. The quantitative estimate of drug-likeness (QED) is 0.754. The zero-order valence-corrected chi connectivity index (χ0v) is 13.6. The van der Waals surface area contributed by atoms with Gasteiger partial charge in [0.15, 0.2) is 4.90 Å². The molecule has 0 aliphatic carbocycles. The van der Waals surface area contributed by atoms with Gasteiger partial charge in [-0.2, -0.15) is 4.31 Å². The fraction of sp³-hybridized carbons (Fsp3) is 0.692. The molecule has 1 aliphatic rings. The molecule has 0 unspecified atom stereocenters. The van der Waals surface area contributed by atoms with Crippen molar-refractivity contribution < 1.29 is 8.42 Å². The summed E-state index contributed by atoms with van der Waals surface area (Å²) in [7, 11) is -1.16. The maximum atomic E-state index is 12.7. The second-order valence-corrected chi connectivity index (χ2v) is 7.93. The standard InChI is InChI=1S/C13H21N3O4S/c1-9-5-10(2)7-16(6-9)21(19,20)11-8-14(3)13(18)15(4)12(11)17/h8-10H,5-7H2,1-4H3/t9-,10+. The molecule has 0 saturated carbocycles. The Kier molecular flexibility index (Phi) is 4.12. The zero-order valence-electron chi connectivity index (χ0n) is 12.7. The maximum absolute atomic E-state index is 12.7. The van der Waals surface area contributed by atoms with Crippen LogP contribution in [0.2, 0.25) is 0 Å². The van der Waals surface area contributed by atoms with E-state index in [1.54, 1.807) is 0 Å². The number of hydrogen-bond acceptors (Lipinski definition) is 4. The van der Waals surface area contributed by atoms with Crippen LogP contribution in [0.4, 0.5) is 0 Å². The lowest BCUT2D eigenvalue weighted by molar-refractivity contribution is 0.222. The number of nitrogens with zero attached hydrogens (tertiary/aromatic N) is 3. The predicted molar refractivity (Wildman–Crippen MR) is 78.6 cm³/mol. The van der Waals surface area contributed by atoms with E-state index in [0.29, 0.717) is 13.1 Å². The molecule has 0 spiro atoms. The molecule has 8 heteroatoms. The van der Waals surface area contributed by atoms with Crippen LogP contribution in [-0.2, 0) is 24.1 Å². The third kappa shape index (κ3) is 2.82. The van der Waals surface area contributed by atoms with Crippen molar-refractivity contribution in [3.05, 3.63) is 27.0 Å². The Bertz CT molecular complexity index is 753. The van der Waals surface area contributed by atoms with Crippen LogP contribution in [0.3, 0.4) is 0 Å². The Morgan fingerprint density at radius 2 is 1.62 bits per heavy atom. The Labute approximate surface area is 123 Å². The van der Waals surface area contributed by atoms with Crippen LogP contribution in [0.15, 0.2) is 20.7 Å². The van der Waals surface area contributed by atoms with Gasteiger partial charge in [0.05, 0.1) is 0 Å². The molecule has 2 atom stereocenters. The molecule has 0 bridgehead atoms. The molecule has 2 rings (SSSR count). The summed E-state index contributed by atoms with van der Waals surface area (Å²) in [5.41, 5.74) is -1.32. The molecule has 0 radical (unpaired) electrons. The average molecular weight is 315 g/mol. The summed E-state index contributed by atoms with van der Waals surface area (Å²) in [4.78, 5) is 23.5. The van der Waals surface area contributed by atoms with Gasteiger partial charge in [-0.15, -0.1) is 0 Å². The molecule has 0 N–H and O–H groups in total. The molecule has 118 valence electrons. The summed E-state index contributed by atoms with van der Waals surface area (Å²) in [6, 6.07) is 0. The van der Waals surface area contributed by atoms with Gasteiger partial charge in [0.2, 0.25) is 10.0 Å². The van der Waals surface area contributed by atoms with Gasteiger partial charge in [-0.05, 0) is 18.3 Å². The molecule has 1 aliphatic heterocycles. The van der Waals surface area contributed by atoms with Gasteiger partial charge in [-0.3, -0.25) is 9.36 Å². The summed E-state index contributed by atoms with van der Waals surface area (Å²) in [5.74, 6) is 0.500. The molecule has 1 aromatic rings. The van der Waals surface area contributed by atoms with Gasteiger partial charge >= 0.3 is 5.69 Å². The highest BCUT2D eigenvalue weighted by Crippen LogP contribution is 2.25. The summed E-state index contributed by atoms with van der Waals surface area (Å²) >= 11 is 0. The molecule has 1 fully saturated rings. The van der Waals surface area contributed by atoms with E-state index in [1.807, 2.05) is 13.8 Å². The van der Waals surface area contributed by atoms with E-state index in [9.17, 15) is 18.0 Å². The minimum atomic E-state index is -3.88. The summed E-state index contributed by atoms with van der Waals surface area (Å²) in [6.45, 7) is 4.80. The predicted octanol–water partition coefficient (Wildman–Crippen LogP) is -0.249. The maximum Gasteiger partial charge on any atom is 0.330 e. The minimum absolute atomic E-state index is 0.250. The molecule has 2 heterocycles. The monoisotopic (exact) mass is 315 g/mol. The van der Waals surface area contributed by atoms with E-state index in [4.69, 9.17) is 0 Å². The van der Waals surface area contributed by atoms with E-state index in [-0.39, 0.29) is 16.7 Å². The third-order valence-electron chi connectivity index (χ3n) is 3.87. The Morgan fingerprint density at radius 3 is 2.14 bits per heavy atom. The summed E-state index contributed by atoms with van der Waals surface area (Å²) in [5, 5.41) is 0. The largest absolute Gasteiger partial charge is 0.330 e. The third-order valence-corrected chi connectivity index (χ3v) is 5.68. The topological polar surface area (TPSA) is 81.4 Å². The Hall–Kier alpha value is -1.41. The van der Waals surface area contributed by atoms with Crippen molar-refractivity contribution in [2.24, 2.45) is 25.9 Å². The van der Waals surface area contributed by atoms with Crippen LogP contribution in [-0.4, -0.2) is 34.9 Å². The molecule has 21 heavy (non-hydrogen) atoms. The highest BCUT2D eigenvalue weighted by molar-refractivity contribution is 7.89. The van der Waals surface area contributed by atoms with Gasteiger partial charge in [0.1, 0.15) is 0 Å². The first-order valence-corrected chi connectivity index (χ1v) is 8.35. The smallest absolute Gasteiger partial charge is 0.302 e. The lowest BCUT2D eigenvalue weighted by atomic mass is 9.94. The normalized spacial score (nSPS) is 24.2. The summed E-state index contributed by atoms with van der Waals surface area (Å²) in [6.07, 6.45) is 2.08. The van der Waals surface area contributed by atoms with E-state index < -0.39 is 21.3 Å². The highest BCUT2D eigenvalue weighted by Gasteiger charge is 2.34. The fourth-order valence-electron chi connectivity index (χ4n) is 2.89. The number of sulfonamides is 1.